The molecule has 6 nitrogen and oxygen atoms in total. The molecule has 3 rings (SSSR count). The van der Waals surface area contributed by atoms with Gasteiger partial charge in [-0.2, -0.15) is 0 Å². The maximum atomic E-state index is 12.3. The Hall–Kier alpha value is -3.02. The highest BCUT2D eigenvalue weighted by Crippen LogP contribution is 2.26. The van der Waals surface area contributed by atoms with Gasteiger partial charge in [-0.15, -0.1) is 0 Å². The molecule has 1 aliphatic rings. The lowest BCUT2D eigenvalue weighted by molar-refractivity contribution is -0.123. The van der Waals surface area contributed by atoms with Gasteiger partial charge in [0.25, 0.3) is 5.91 Å². The Morgan fingerprint density at radius 3 is 2.78 bits per heavy atom. The number of ether oxygens (including phenoxy) is 2. The molecule has 142 valence electrons. The molecule has 0 saturated carbocycles. The molecule has 1 fully saturated rings. The van der Waals surface area contributed by atoms with Crippen molar-refractivity contribution in [1.29, 1.82) is 0 Å². The van der Waals surface area contributed by atoms with Crippen molar-refractivity contribution in [2.45, 2.75) is 25.8 Å². The summed E-state index contributed by atoms with van der Waals surface area (Å²) >= 11 is 0. The fourth-order valence-corrected chi connectivity index (χ4v) is 3.20. The van der Waals surface area contributed by atoms with Gasteiger partial charge in [-0.25, -0.2) is 0 Å². The van der Waals surface area contributed by atoms with Crippen LogP contribution in [0.25, 0.3) is 0 Å². The normalized spacial score (nSPS) is 14.7. The van der Waals surface area contributed by atoms with Gasteiger partial charge in [0.1, 0.15) is 11.5 Å². The maximum Gasteiger partial charge on any atom is 0.258 e. The van der Waals surface area contributed by atoms with E-state index in [-0.39, 0.29) is 24.5 Å². The summed E-state index contributed by atoms with van der Waals surface area (Å²) in [5.41, 5.74) is 1.71. The molecule has 1 aliphatic heterocycles. The van der Waals surface area contributed by atoms with E-state index in [1.54, 1.807) is 24.1 Å². The summed E-state index contributed by atoms with van der Waals surface area (Å²) in [4.78, 5) is 25.9. The number of amides is 2. The maximum absolute atomic E-state index is 12.3. The van der Waals surface area contributed by atoms with Crippen LogP contribution in [0.3, 0.4) is 0 Å². The van der Waals surface area contributed by atoms with Crippen LogP contribution in [0.5, 0.6) is 11.5 Å². The largest absolute Gasteiger partial charge is 0.496 e. The van der Waals surface area contributed by atoms with E-state index in [0.29, 0.717) is 12.2 Å². The molecule has 27 heavy (non-hydrogen) atoms. The minimum Gasteiger partial charge on any atom is -0.496 e. The van der Waals surface area contributed by atoms with Crippen LogP contribution in [0, 0.1) is 0 Å². The van der Waals surface area contributed by atoms with E-state index in [0.717, 1.165) is 30.0 Å². The molecule has 1 atom stereocenters. The van der Waals surface area contributed by atoms with E-state index in [4.69, 9.17) is 9.47 Å². The summed E-state index contributed by atoms with van der Waals surface area (Å²) in [6, 6.07) is 14.6. The molecule has 1 unspecified atom stereocenters. The number of carbonyl (C=O) groups is 2. The zero-order valence-electron chi connectivity index (χ0n) is 15.6. The number of para-hydroxylation sites is 1. The molecule has 2 aromatic rings. The van der Waals surface area contributed by atoms with E-state index in [1.165, 1.54) is 0 Å². The van der Waals surface area contributed by atoms with Crippen LogP contribution < -0.4 is 19.7 Å². The summed E-state index contributed by atoms with van der Waals surface area (Å²) < 4.78 is 10.9. The van der Waals surface area contributed by atoms with Crippen LogP contribution >= 0.6 is 0 Å². The Kier molecular flexibility index (Phi) is 5.96. The first kappa shape index (κ1) is 18.8. The number of hydrogen-bond acceptors (Lipinski definition) is 4. The van der Waals surface area contributed by atoms with Crippen molar-refractivity contribution in [3.63, 3.8) is 0 Å². The predicted octanol–water partition coefficient (Wildman–Crippen LogP) is 3.08. The van der Waals surface area contributed by atoms with Gasteiger partial charge in [0, 0.05) is 30.3 Å². The van der Waals surface area contributed by atoms with Crippen molar-refractivity contribution in [1.82, 2.24) is 5.32 Å². The number of methoxy groups -OCH3 is 1. The van der Waals surface area contributed by atoms with Crippen molar-refractivity contribution >= 4 is 17.5 Å². The molecule has 2 aromatic carbocycles. The third kappa shape index (κ3) is 4.58. The van der Waals surface area contributed by atoms with Gasteiger partial charge < -0.3 is 19.7 Å². The van der Waals surface area contributed by atoms with Gasteiger partial charge in [0.2, 0.25) is 5.91 Å². The van der Waals surface area contributed by atoms with E-state index in [2.05, 4.69) is 5.32 Å². The zero-order chi connectivity index (χ0) is 19.2. The van der Waals surface area contributed by atoms with Crippen molar-refractivity contribution < 1.29 is 19.1 Å². The lowest BCUT2D eigenvalue weighted by Gasteiger charge is -2.18. The number of nitrogens with one attached hydrogen (secondary N) is 1. The lowest BCUT2D eigenvalue weighted by atomic mass is 10.1. The third-order valence-electron chi connectivity index (χ3n) is 4.56. The van der Waals surface area contributed by atoms with Crippen molar-refractivity contribution in [2.24, 2.45) is 0 Å². The topological polar surface area (TPSA) is 67.9 Å². The molecule has 1 N–H and O–H groups in total. The second kappa shape index (κ2) is 8.58. The monoisotopic (exact) mass is 368 g/mol. The van der Waals surface area contributed by atoms with Gasteiger partial charge in [0.05, 0.1) is 13.2 Å². The van der Waals surface area contributed by atoms with E-state index >= 15 is 0 Å². The first-order valence-electron chi connectivity index (χ1n) is 9.04. The second-order valence-electron chi connectivity index (χ2n) is 6.47. The highest BCUT2D eigenvalue weighted by Gasteiger charge is 2.22. The fourth-order valence-electron chi connectivity index (χ4n) is 3.20. The third-order valence-corrected chi connectivity index (χ3v) is 4.56. The first-order valence-corrected chi connectivity index (χ1v) is 9.04. The minimum atomic E-state index is -0.226. The fraction of sp³-hybridized carbons (Fsp3) is 0.333. The number of hydrogen-bond donors (Lipinski definition) is 1. The molecule has 0 bridgehead atoms. The Bertz CT molecular complexity index is 821. The number of anilines is 1. The van der Waals surface area contributed by atoms with Crippen LogP contribution in [0.1, 0.15) is 31.4 Å². The summed E-state index contributed by atoms with van der Waals surface area (Å²) in [5, 5.41) is 2.91. The minimum absolute atomic E-state index is 0.100. The molecule has 2 amide bonds. The van der Waals surface area contributed by atoms with E-state index < -0.39 is 0 Å². The van der Waals surface area contributed by atoms with Gasteiger partial charge in [0.15, 0.2) is 6.61 Å². The van der Waals surface area contributed by atoms with Crippen LogP contribution in [0.4, 0.5) is 5.69 Å². The number of benzene rings is 2. The van der Waals surface area contributed by atoms with Gasteiger partial charge >= 0.3 is 0 Å². The summed E-state index contributed by atoms with van der Waals surface area (Å²) in [5.74, 6) is 1.19. The van der Waals surface area contributed by atoms with Gasteiger partial charge in [-0.1, -0.05) is 24.3 Å². The van der Waals surface area contributed by atoms with Crippen LogP contribution in [-0.2, 0) is 9.59 Å². The standard InChI is InChI=1S/C21H24N2O4/c1-15(18-9-3-4-10-19(18)26-2)22-20(24)14-27-17-8-5-7-16(13-17)23-12-6-11-21(23)25/h3-5,7-10,13,15H,6,11-12,14H2,1-2H3,(H,22,24). The smallest absolute Gasteiger partial charge is 0.258 e. The Morgan fingerprint density at radius 1 is 1.22 bits per heavy atom. The van der Waals surface area contributed by atoms with Crippen LogP contribution in [-0.4, -0.2) is 32.1 Å². The number of nitrogens with zero attached hydrogens (tertiary/aromatic N) is 1. The van der Waals surface area contributed by atoms with Crippen LogP contribution in [0.2, 0.25) is 0 Å². The average Bonchev–Trinajstić information content (AvgIpc) is 3.12. The van der Waals surface area contributed by atoms with Crippen LogP contribution in [0.15, 0.2) is 48.5 Å². The molecule has 1 heterocycles. The molecule has 6 heteroatoms. The van der Waals surface area contributed by atoms with Crippen molar-refractivity contribution in [3.05, 3.63) is 54.1 Å². The molecular weight excluding hydrogens is 344 g/mol. The number of rotatable bonds is 7. The Morgan fingerprint density at radius 2 is 2.04 bits per heavy atom. The molecule has 0 radical (unpaired) electrons. The van der Waals surface area contributed by atoms with Gasteiger partial charge in [-0.3, -0.25) is 9.59 Å². The highest BCUT2D eigenvalue weighted by molar-refractivity contribution is 5.95. The Labute approximate surface area is 159 Å². The van der Waals surface area contributed by atoms with Gasteiger partial charge in [-0.05, 0) is 31.5 Å². The zero-order valence-corrected chi connectivity index (χ0v) is 15.6. The van der Waals surface area contributed by atoms with E-state index in [9.17, 15) is 9.59 Å². The SMILES string of the molecule is COc1ccccc1C(C)NC(=O)COc1cccc(N2CCCC2=O)c1. The van der Waals surface area contributed by atoms with Crippen molar-refractivity contribution in [2.75, 3.05) is 25.2 Å². The molecule has 1 saturated heterocycles. The summed E-state index contributed by atoms with van der Waals surface area (Å²) in [7, 11) is 1.61. The predicted molar refractivity (Wildman–Crippen MR) is 103 cm³/mol. The summed E-state index contributed by atoms with van der Waals surface area (Å²) in [6.07, 6.45) is 1.45. The average molecular weight is 368 g/mol. The van der Waals surface area contributed by atoms with E-state index in [1.807, 2.05) is 43.3 Å². The van der Waals surface area contributed by atoms with Crippen molar-refractivity contribution in [3.8, 4) is 11.5 Å². The second-order valence-corrected chi connectivity index (χ2v) is 6.47. The Balaban J connectivity index is 1.57. The first-order chi connectivity index (χ1) is 13.1. The quantitative estimate of drug-likeness (QED) is 0.816. The molecule has 0 aromatic heterocycles. The molecular formula is C21H24N2O4. The molecule has 0 spiro atoms. The molecule has 0 aliphatic carbocycles. The highest BCUT2D eigenvalue weighted by atomic mass is 16.5. The lowest BCUT2D eigenvalue weighted by Crippen LogP contribution is -2.31. The summed E-state index contributed by atoms with van der Waals surface area (Å²) in [6.45, 7) is 2.52. The number of carbonyl (C=O) groups excluding carboxylic acids is 2.